The van der Waals surface area contributed by atoms with E-state index in [2.05, 4.69) is 20.7 Å². The molecule has 2 unspecified atom stereocenters. The van der Waals surface area contributed by atoms with Crippen LogP contribution in [0.4, 0.5) is 4.53 Å². The molecule has 0 bridgehead atoms. The van der Waals surface area contributed by atoms with Crippen molar-refractivity contribution in [2.45, 2.75) is 208 Å². The number of carboxylic acids is 3. The minimum Gasteiger partial charge on any atom is -0.481 e. The Balaban J connectivity index is -0.00000189. The third-order valence-corrected chi connectivity index (χ3v) is 14.3. The molecule has 24 nitrogen and oxygen atoms in total. The normalized spacial score (nSPS) is 11.5. The van der Waals surface area contributed by atoms with Crippen molar-refractivity contribution in [1.82, 2.24) is 20.7 Å². The fourth-order valence-corrected chi connectivity index (χ4v) is 9.12. The molecule has 1 aromatic carbocycles. The van der Waals surface area contributed by atoms with Gasteiger partial charge in [0.15, 0.2) is 11.6 Å². The molecule has 26 heteroatoms. The van der Waals surface area contributed by atoms with Crippen LogP contribution in [0.1, 0.15) is 212 Å². The molecule has 8 N–H and O–H groups in total. The Hall–Kier alpha value is -5.80. The number of benzene rings is 1. The summed E-state index contributed by atoms with van der Waals surface area (Å²) in [5, 5.41) is 40.1. The summed E-state index contributed by atoms with van der Waals surface area (Å²) in [6.45, 7) is 7.14. The number of ketones is 3. The zero-order valence-electron chi connectivity index (χ0n) is 52.4. The predicted octanol–water partition coefficient (Wildman–Crippen LogP) is 7.47. The average molecular weight is 1250 g/mol. The third kappa shape index (κ3) is 53.7. The lowest BCUT2D eigenvalue weighted by molar-refractivity contribution is -0.145. The van der Waals surface area contributed by atoms with Gasteiger partial charge in [-0.3, -0.25) is 47.9 Å². The minimum absolute atomic E-state index is 0.0242. The number of ether oxygens (including phenoxy) is 4. The smallest absolute Gasteiger partial charge is 0.326 e. The molecular weight excluding hydrogens is 1150 g/mol. The van der Waals surface area contributed by atoms with Crippen molar-refractivity contribution < 1.29 is 102 Å². The maximum absolute atomic E-state index is 12.2. The van der Waals surface area contributed by atoms with E-state index in [-0.39, 0.29) is 120 Å². The number of hydrogen-bond acceptors (Lipinski definition) is 17. The number of hydrogen-bond donors (Lipinski definition) is 8. The van der Waals surface area contributed by atoms with Crippen LogP contribution in [-0.2, 0) is 72.1 Å². The summed E-state index contributed by atoms with van der Waals surface area (Å²) in [7, 11) is -2.60. The SMILES string of the molecule is CCC(=O)CCCOCCOCC(=O)NCCCC(=O)c1ccc(C)cc1.CCC(NC(=O)CCC(CC(=O)COCCOCCNC(=O)CCCS(=O)(=O)NC(=O)CCCCCCCCCCCCCCCCC(=O)O)C(=O)O)C(=O)O.OF.[3H]C. The van der Waals surface area contributed by atoms with Gasteiger partial charge in [0.1, 0.15) is 25.0 Å². The number of aliphatic carboxylic acids is 3. The van der Waals surface area contributed by atoms with Gasteiger partial charge in [0.05, 0.1) is 44.7 Å². The number of carbonyl (C=O) groups excluding carboxylic acids is 7. The number of nitrogens with one attached hydrogen (secondary N) is 4. The average Bonchev–Trinajstić information content (AvgIpc) is 3.68. The second-order valence-electron chi connectivity index (χ2n) is 20.4. The number of unbranched alkanes of at least 4 members (excludes halogenated alkanes) is 13. The van der Waals surface area contributed by atoms with Crippen molar-refractivity contribution in [3.05, 3.63) is 35.4 Å². The Morgan fingerprint density at radius 1 is 0.535 bits per heavy atom. The molecule has 0 radical (unpaired) electrons. The number of amides is 4. The van der Waals surface area contributed by atoms with Gasteiger partial charge in [-0.25, -0.2) is 18.5 Å². The quantitative estimate of drug-likeness (QED) is 0.0231. The van der Waals surface area contributed by atoms with Gasteiger partial charge in [-0.1, -0.05) is 133 Å². The summed E-state index contributed by atoms with van der Waals surface area (Å²) >= 11 is 0. The molecule has 0 aliphatic carbocycles. The molecule has 1 aromatic rings. The Morgan fingerprint density at radius 3 is 1.58 bits per heavy atom. The monoisotopic (exact) mass is 1250 g/mol. The van der Waals surface area contributed by atoms with Crippen LogP contribution in [-0.4, -0.2) is 166 Å². The highest BCUT2D eigenvalue weighted by Crippen LogP contribution is 2.16. The largest absolute Gasteiger partial charge is 0.481 e. The molecule has 0 aromatic heterocycles. The van der Waals surface area contributed by atoms with Gasteiger partial charge in [0, 0.05) is 78.0 Å². The van der Waals surface area contributed by atoms with Crippen LogP contribution in [0.25, 0.3) is 0 Å². The van der Waals surface area contributed by atoms with Gasteiger partial charge in [-0.2, -0.15) is 0 Å². The van der Waals surface area contributed by atoms with E-state index in [1.165, 1.54) is 39.5 Å². The zero-order valence-corrected chi connectivity index (χ0v) is 52.3. The fourth-order valence-electron chi connectivity index (χ4n) is 8.04. The molecule has 0 heterocycles. The summed E-state index contributed by atoms with van der Waals surface area (Å²) in [4.78, 5) is 116. The molecule has 0 aliphatic rings. The minimum atomic E-state index is -3.85. The Labute approximate surface area is 510 Å². The van der Waals surface area contributed by atoms with Crippen molar-refractivity contribution in [3.63, 3.8) is 0 Å². The van der Waals surface area contributed by atoms with Crippen molar-refractivity contribution >= 4 is 68.9 Å². The van der Waals surface area contributed by atoms with Crippen molar-refractivity contribution in [2.75, 3.05) is 71.7 Å². The molecular formula is C60H103FN4O20S. The maximum atomic E-state index is 12.2. The molecule has 0 fully saturated rings. The number of Topliss-reactive ketones (excluding diaryl/α,β-unsaturated/α-hetero) is 3. The molecule has 0 saturated heterocycles. The van der Waals surface area contributed by atoms with E-state index in [1.807, 2.05) is 38.1 Å². The number of carbonyl (C=O) groups is 10. The van der Waals surface area contributed by atoms with E-state index >= 15 is 0 Å². The van der Waals surface area contributed by atoms with E-state index in [1.54, 1.807) is 6.92 Å². The van der Waals surface area contributed by atoms with Gasteiger partial charge < -0.3 is 50.2 Å². The van der Waals surface area contributed by atoms with Gasteiger partial charge in [-0.15, -0.1) is 0 Å². The van der Waals surface area contributed by atoms with Crippen LogP contribution in [0.15, 0.2) is 24.3 Å². The molecule has 2 atom stereocenters. The first kappa shape index (κ1) is 82.3. The summed E-state index contributed by atoms with van der Waals surface area (Å²) in [5.41, 5.74) is 1.82. The van der Waals surface area contributed by atoms with E-state index in [0.29, 0.717) is 70.5 Å². The first-order valence-electron chi connectivity index (χ1n) is 30.8. The number of rotatable bonds is 54. The first-order valence-corrected chi connectivity index (χ1v) is 31.5. The first-order chi connectivity index (χ1) is 41.7. The standard InChI is InChI=1S/C38H67N3O14S.C21H31NO5.CH4.FHO/c1-2-32(38(50)51)40-34(44)22-21-30(37(48)49)28-31(42)29-55-26-25-54-24-23-39-33(43)19-17-27-56(52,53)41-35(45)18-15-13-11-9-7-5-3-4-6-8-10-12-14-16-20-36(46)47;1-3-19(23)6-5-13-26-14-15-27-16-21(25)22-12-4-7-20(24)18-10-8-17(2)9-11-18;;1-2/h30,32H,2-29H2,1H3,(H,39,43)(H,40,44)(H,41,45)(H,46,47)(H,48,49)(H,50,51);8-11H,3-7,12-16H2,1-2H3,(H,22,25);1H4;2H/i;;1T;. The molecule has 1 rings (SSSR count). The van der Waals surface area contributed by atoms with Gasteiger partial charge in [0.25, 0.3) is 0 Å². The zero-order chi connectivity index (χ0) is 65.9. The lowest BCUT2D eigenvalue weighted by atomic mass is 9.97. The summed E-state index contributed by atoms with van der Waals surface area (Å²) < 4.78 is 61.9. The van der Waals surface area contributed by atoms with Crippen LogP contribution in [0, 0.1) is 12.8 Å². The fraction of sp³-hybridized carbons (Fsp3) is 0.733. The summed E-state index contributed by atoms with van der Waals surface area (Å²) in [6.07, 6.45) is 17.3. The van der Waals surface area contributed by atoms with E-state index in [9.17, 15) is 61.5 Å². The third-order valence-electron chi connectivity index (χ3n) is 12.9. The summed E-state index contributed by atoms with van der Waals surface area (Å²) in [6, 6.07) is 6.42. The van der Waals surface area contributed by atoms with Gasteiger partial charge >= 0.3 is 17.9 Å². The molecule has 0 spiro atoms. The lowest BCUT2D eigenvalue weighted by Crippen LogP contribution is -2.40. The van der Waals surface area contributed by atoms with E-state index < -0.39 is 57.5 Å². The summed E-state index contributed by atoms with van der Waals surface area (Å²) in [5.74, 6) is -6.57. The van der Waals surface area contributed by atoms with Gasteiger partial charge in [0.2, 0.25) is 33.7 Å². The van der Waals surface area contributed by atoms with E-state index in [4.69, 9.17) is 40.4 Å². The number of sulfonamides is 1. The highest BCUT2D eigenvalue weighted by molar-refractivity contribution is 7.90. The van der Waals surface area contributed by atoms with Crippen LogP contribution in [0.5, 0.6) is 0 Å². The van der Waals surface area contributed by atoms with Crippen molar-refractivity contribution in [3.8, 4) is 0 Å². The Bertz CT molecular complexity index is 2160. The molecule has 0 saturated carbocycles. The molecule has 4 amide bonds. The highest BCUT2D eigenvalue weighted by atomic mass is 32.2. The Morgan fingerprint density at radius 2 is 1.05 bits per heavy atom. The van der Waals surface area contributed by atoms with Crippen LogP contribution >= 0.6 is 0 Å². The maximum Gasteiger partial charge on any atom is 0.326 e. The molecule has 86 heavy (non-hydrogen) atoms. The number of carboxylic acid groups (broad SMARTS) is 3. The van der Waals surface area contributed by atoms with Gasteiger partial charge in [-0.05, 0) is 51.9 Å². The molecule has 0 aliphatic heterocycles. The highest BCUT2D eigenvalue weighted by Gasteiger charge is 2.24. The molecule has 496 valence electrons. The number of halogens is 1. The lowest BCUT2D eigenvalue weighted by Gasteiger charge is -2.14. The van der Waals surface area contributed by atoms with Crippen LogP contribution < -0.4 is 20.7 Å². The number of aryl methyl sites for hydroxylation is 1. The van der Waals surface area contributed by atoms with Crippen molar-refractivity contribution in [2.24, 2.45) is 5.92 Å². The van der Waals surface area contributed by atoms with Crippen LogP contribution in [0.3, 0.4) is 0 Å². The predicted molar refractivity (Wildman–Crippen MR) is 321 cm³/mol. The van der Waals surface area contributed by atoms with Crippen LogP contribution in [0.2, 0.25) is 0 Å². The topological polar surface area (TPSA) is 371 Å². The second-order valence-corrected chi connectivity index (χ2v) is 22.2. The van der Waals surface area contributed by atoms with E-state index in [0.717, 1.165) is 56.9 Å². The second kappa shape index (κ2) is 57.0. The van der Waals surface area contributed by atoms with Crippen molar-refractivity contribution in [1.29, 1.82) is 0 Å². The Kier molecular flexibility index (Phi) is 54.5.